The van der Waals surface area contributed by atoms with Gasteiger partial charge in [-0.1, -0.05) is 11.8 Å². The van der Waals surface area contributed by atoms with E-state index in [1.807, 2.05) is 12.3 Å². The Kier molecular flexibility index (Phi) is 3.90. The summed E-state index contributed by atoms with van der Waals surface area (Å²) in [5, 5.41) is 7.00. The van der Waals surface area contributed by atoms with Crippen molar-refractivity contribution in [2.24, 2.45) is 0 Å². The molecule has 5 heteroatoms. The molecule has 1 fully saturated rings. The molecule has 0 aromatic carbocycles. The first-order valence-electron chi connectivity index (χ1n) is 5.45. The number of nitrogens with one attached hydrogen (secondary N) is 2. The van der Waals surface area contributed by atoms with E-state index in [2.05, 4.69) is 10.6 Å². The largest absolute Gasteiger partial charge is 0.445 e. The number of furan rings is 1. The molecule has 0 spiro atoms. The van der Waals surface area contributed by atoms with Gasteiger partial charge in [-0.15, -0.1) is 0 Å². The van der Waals surface area contributed by atoms with Gasteiger partial charge in [-0.3, -0.25) is 4.79 Å². The Balaban J connectivity index is 1.91. The van der Waals surface area contributed by atoms with Gasteiger partial charge >= 0.3 is 0 Å². The van der Waals surface area contributed by atoms with Crippen LogP contribution in [0.1, 0.15) is 23.4 Å². The molecule has 4 nitrogen and oxygen atoms in total. The van der Waals surface area contributed by atoms with E-state index in [9.17, 15) is 4.79 Å². The molecule has 0 saturated carbocycles. The third-order valence-corrected chi connectivity index (χ3v) is 3.26. The number of amides is 1. The van der Waals surface area contributed by atoms with Crippen molar-refractivity contribution in [2.75, 3.05) is 19.3 Å². The number of hydrogen-bond donors (Lipinski definition) is 2. The van der Waals surface area contributed by atoms with E-state index >= 15 is 0 Å². The van der Waals surface area contributed by atoms with Crippen LogP contribution in [0.25, 0.3) is 0 Å². The van der Waals surface area contributed by atoms with Gasteiger partial charge in [0.2, 0.25) is 0 Å². The standard InChI is InChI=1S/C11H16N2O2S/c1-16-10-5-4-9(15-10)11(14)13-8-3-2-6-12-7-8/h4-5,8,12H,2-3,6-7H2,1H3,(H,13,14). The molecular formula is C11H16N2O2S. The van der Waals surface area contributed by atoms with Crippen molar-refractivity contribution in [3.63, 3.8) is 0 Å². The summed E-state index contributed by atoms with van der Waals surface area (Å²) in [7, 11) is 0. The summed E-state index contributed by atoms with van der Waals surface area (Å²) in [6, 6.07) is 3.76. The molecule has 2 N–H and O–H groups in total. The Morgan fingerprint density at radius 2 is 2.50 bits per heavy atom. The predicted octanol–water partition coefficient (Wildman–Crippen LogP) is 1.48. The van der Waals surface area contributed by atoms with E-state index < -0.39 is 0 Å². The number of thioether (sulfide) groups is 1. The number of hydrogen-bond acceptors (Lipinski definition) is 4. The highest BCUT2D eigenvalue weighted by Crippen LogP contribution is 2.18. The zero-order valence-corrected chi connectivity index (χ0v) is 10.1. The van der Waals surface area contributed by atoms with E-state index in [-0.39, 0.29) is 11.9 Å². The van der Waals surface area contributed by atoms with Crippen LogP contribution in [0.2, 0.25) is 0 Å². The highest BCUT2D eigenvalue weighted by Gasteiger charge is 2.18. The number of carbonyl (C=O) groups is 1. The fourth-order valence-electron chi connectivity index (χ4n) is 1.78. The molecule has 1 amide bonds. The topological polar surface area (TPSA) is 54.3 Å². The van der Waals surface area contributed by atoms with Crippen LogP contribution < -0.4 is 10.6 Å². The zero-order valence-electron chi connectivity index (χ0n) is 9.29. The summed E-state index contributed by atoms with van der Waals surface area (Å²) in [4.78, 5) is 11.8. The highest BCUT2D eigenvalue weighted by molar-refractivity contribution is 7.98. The Labute approximate surface area is 99.2 Å². The van der Waals surface area contributed by atoms with Crippen molar-refractivity contribution in [1.82, 2.24) is 10.6 Å². The summed E-state index contributed by atoms with van der Waals surface area (Å²) in [6.07, 6.45) is 4.07. The first-order valence-corrected chi connectivity index (χ1v) is 6.67. The lowest BCUT2D eigenvalue weighted by Gasteiger charge is -2.23. The zero-order chi connectivity index (χ0) is 11.4. The number of piperidine rings is 1. The normalized spacial score (nSPS) is 20.7. The molecule has 1 aromatic heterocycles. The molecule has 88 valence electrons. The minimum atomic E-state index is -0.117. The van der Waals surface area contributed by atoms with Crippen LogP contribution in [0, 0.1) is 0 Å². The Bertz CT molecular complexity index is 359. The number of carbonyl (C=O) groups excluding carboxylic acids is 1. The van der Waals surface area contributed by atoms with Gasteiger partial charge in [0.25, 0.3) is 5.91 Å². The van der Waals surface area contributed by atoms with Gasteiger partial charge in [0.15, 0.2) is 10.9 Å². The van der Waals surface area contributed by atoms with Crippen molar-refractivity contribution in [3.05, 3.63) is 17.9 Å². The summed E-state index contributed by atoms with van der Waals surface area (Å²) < 4.78 is 5.37. The third kappa shape index (κ3) is 2.80. The van der Waals surface area contributed by atoms with Crippen LogP contribution in [0.4, 0.5) is 0 Å². The minimum absolute atomic E-state index is 0.117. The molecule has 0 bridgehead atoms. The Morgan fingerprint density at radius 3 is 3.12 bits per heavy atom. The Hall–Kier alpha value is -0.940. The van der Waals surface area contributed by atoms with Crippen molar-refractivity contribution in [2.45, 2.75) is 24.0 Å². The van der Waals surface area contributed by atoms with Crippen LogP contribution in [0.5, 0.6) is 0 Å². The highest BCUT2D eigenvalue weighted by atomic mass is 32.2. The van der Waals surface area contributed by atoms with Gasteiger partial charge in [-0.05, 0) is 37.8 Å². The SMILES string of the molecule is CSc1ccc(C(=O)NC2CCCNC2)o1. The molecule has 0 aliphatic carbocycles. The molecule has 2 heterocycles. The van der Waals surface area contributed by atoms with Gasteiger partial charge < -0.3 is 15.1 Å². The van der Waals surface area contributed by atoms with Crippen molar-refractivity contribution in [3.8, 4) is 0 Å². The van der Waals surface area contributed by atoms with Crippen LogP contribution in [-0.2, 0) is 0 Å². The van der Waals surface area contributed by atoms with Gasteiger partial charge in [0, 0.05) is 12.6 Å². The predicted molar refractivity (Wildman–Crippen MR) is 63.8 cm³/mol. The van der Waals surface area contributed by atoms with E-state index in [1.165, 1.54) is 11.8 Å². The average molecular weight is 240 g/mol. The Morgan fingerprint density at radius 1 is 1.62 bits per heavy atom. The van der Waals surface area contributed by atoms with Crippen molar-refractivity contribution >= 4 is 17.7 Å². The molecular weight excluding hydrogens is 224 g/mol. The van der Waals surface area contributed by atoms with Gasteiger partial charge in [-0.2, -0.15) is 0 Å². The molecule has 1 saturated heterocycles. The summed E-state index contributed by atoms with van der Waals surface area (Å²) in [6.45, 7) is 1.89. The monoisotopic (exact) mass is 240 g/mol. The van der Waals surface area contributed by atoms with E-state index in [4.69, 9.17) is 4.42 Å². The van der Waals surface area contributed by atoms with Crippen LogP contribution in [-0.4, -0.2) is 31.3 Å². The second-order valence-corrected chi connectivity index (χ2v) is 4.65. The molecule has 1 atom stereocenters. The third-order valence-electron chi connectivity index (χ3n) is 2.64. The summed E-state index contributed by atoms with van der Waals surface area (Å²) >= 11 is 1.49. The second-order valence-electron chi connectivity index (χ2n) is 3.84. The maximum Gasteiger partial charge on any atom is 0.287 e. The molecule has 1 aliphatic rings. The van der Waals surface area contributed by atoms with Crippen LogP contribution in [0.3, 0.4) is 0 Å². The smallest absolute Gasteiger partial charge is 0.287 e. The van der Waals surface area contributed by atoms with E-state index in [1.54, 1.807) is 6.07 Å². The quantitative estimate of drug-likeness (QED) is 0.786. The van der Waals surface area contributed by atoms with Crippen molar-refractivity contribution in [1.29, 1.82) is 0 Å². The van der Waals surface area contributed by atoms with Gasteiger partial charge in [0.05, 0.1) is 0 Å². The first-order chi connectivity index (χ1) is 7.79. The first kappa shape index (κ1) is 11.5. The van der Waals surface area contributed by atoms with Gasteiger partial charge in [0.1, 0.15) is 0 Å². The number of rotatable bonds is 3. The molecule has 1 unspecified atom stereocenters. The fraction of sp³-hybridized carbons (Fsp3) is 0.545. The second kappa shape index (κ2) is 5.41. The van der Waals surface area contributed by atoms with E-state index in [0.29, 0.717) is 5.76 Å². The van der Waals surface area contributed by atoms with Crippen molar-refractivity contribution < 1.29 is 9.21 Å². The van der Waals surface area contributed by atoms with Crippen LogP contribution in [0.15, 0.2) is 21.6 Å². The molecule has 1 aromatic rings. The molecule has 1 aliphatic heterocycles. The molecule has 0 radical (unpaired) electrons. The molecule has 2 rings (SSSR count). The summed E-state index contributed by atoms with van der Waals surface area (Å²) in [5.74, 6) is 0.281. The lowest BCUT2D eigenvalue weighted by molar-refractivity contribution is 0.0897. The minimum Gasteiger partial charge on any atom is -0.445 e. The average Bonchev–Trinajstić information content (AvgIpc) is 2.79. The maximum absolute atomic E-state index is 11.8. The lowest BCUT2D eigenvalue weighted by atomic mass is 10.1. The van der Waals surface area contributed by atoms with Gasteiger partial charge in [-0.25, -0.2) is 0 Å². The fourth-order valence-corrected chi connectivity index (χ4v) is 2.16. The van der Waals surface area contributed by atoms with E-state index in [0.717, 1.165) is 31.0 Å². The summed E-state index contributed by atoms with van der Waals surface area (Å²) in [5.41, 5.74) is 0. The maximum atomic E-state index is 11.8. The molecule has 16 heavy (non-hydrogen) atoms. The van der Waals surface area contributed by atoms with Crippen LogP contribution >= 0.6 is 11.8 Å². The lowest BCUT2D eigenvalue weighted by Crippen LogP contribution is -2.45.